The second-order valence-electron chi connectivity index (χ2n) is 8.92. The zero-order chi connectivity index (χ0) is 25.0. The van der Waals surface area contributed by atoms with Crippen LogP contribution < -0.4 is 15.8 Å². The quantitative estimate of drug-likeness (QED) is 0.511. The van der Waals surface area contributed by atoms with Crippen LogP contribution in [0.5, 0.6) is 5.75 Å². The summed E-state index contributed by atoms with van der Waals surface area (Å²) in [5, 5.41) is 2.64. The Morgan fingerprint density at radius 1 is 1.03 bits per heavy atom. The van der Waals surface area contributed by atoms with Crippen molar-refractivity contribution in [3.63, 3.8) is 0 Å². The Balaban J connectivity index is 1.47. The van der Waals surface area contributed by atoms with Gasteiger partial charge in [0.05, 0.1) is 7.11 Å². The number of ether oxygens (including phenoxy) is 2. The average Bonchev–Trinajstić information content (AvgIpc) is 2.89. The number of benzene rings is 2. The SMILES string of the molecule is COc1ccc(CCC2CCN(C(=O)[C@H](CCC(N)=O)NC(=O)OCc3ccccc3)CC2)cc1. The number of amides is 3. The van der Waals surface area contributed by atoms with Gasteiger partial charge in [-0.3, -0.25) is 9.59 Å². The highest BCUT2D eigenvalue weighted by Gasteiger charge is 2.30. The molecule has 0 unspecified atom stereocenters. The number of nitrogens with two attached hydrogens (primary N) is 1. The summed E-state index contributed by atoms with van der Waals surface area (Å²) >= 11 is 0. The molecular weight excluding hydrogens is 446 g/mol. The van der Waals surface area contributed by atoms with E-state index >= 15 is 0 Å². The maximum absolute atomic E-state index is 13.2. The number of methoxy groups -OCH3 is 1. The van der Waals surface area contributed by atoms with Crippen LogP contribution in [0.3, 0.4) is 0 Å². The van der Waals surface area contributed by atoms with Crippen LogP contribution in [0, 0.1) is 5.92 Å². The van der Waals surface area contributed by atoms with E-state index in [1.807, 2.05) is 42.5 Å². The van der Waals surface area contributed by atoms with Gasteiger partial charge in [-0.25, -0.2) is 4.79 Å². The number of carbonyl (C=O) groups is 3. The van der Waals surface area contributed by atoms with E-state index in [-0.39, 0.29) is 25.4 Å². The van der Waals surface area contributed by atoms with Crippen LogP contribution in [0.2, 0.25) is 0 Å². The summed E-state index contributed by atoms with van der Waals surface area (Å²) in [7, 11) is 1.66. The van der Waals surface area contributed by atoms with Gasteiger partial charge in [0.2, 0.25) is 11.8 Å². The van der Waals surface area contributed by atoms with Crippen molar-refractivity contribution in [1.29, 1.82) is 0 Å². The highest BCUT2D eigenvalue weighted by Crippen LogP contribution is 2.24. The van der Waals surface area contributed by atoms with Gasteiger partial charge in [0.25, 0.3) is 0 Å². The van der Waals surface area contributed by atoms with E-state index in [9.17, 15) is 14.4 Å². The fourth-order valence-electron chi connectivity index (χ4n) is 4.28. The third kappa shape index (κ3) is 8.63. The monoisotopic (exact) mass is 481 g/mol. The normalized spacial score (nSPS) is 14.7. The van der Waals surface area contributed by atoms with Crippen LogP contribution in [-0.4, -0.2) is 49.0 Å². The number of alkyl carbamates (subject to hydrolysis) is 1. The van der Waals surface area contributed by atoms with Gasteiger partial charge in [-0.15, -0.1) is 0 Å². The number of hydrogen-bond acceptors (Lipinski definition) is 5. The Kier molecular flexibility index (Phi) is 9.95. The lowest BCUT2D eigenvalue weighted by molar-refractivity contribution is -0.135. The maximum atomic E-state index is 13.2. The van der Waals surface area contributed by atoms with Crippen molar-refractivity contribution in [3.8, 4) is 5.75 Å². The number of hydrogen-bond donors (Lipinski definition) is 2. The topological polar surface area (TPSA) is 111 Å². The molecule has 3 rings (SSSR count). The fraction of sp³-hybridized carbons (Fsp3) is 0.444. The van der Waals surface area contributed by atoms with Crippen LogP contribution in [-0.2, 0) is 27.4 Å². The molecule has 1 aliphatic heterocycles. The first kappa shape index (κ1) is 26.1. The molecule has 0 saturated carbocycles. The van der Waals surface area contributed by atoms with Crippen LogP contribution in [0.15, 0.2) is 54.6 Å². The Labute approximate surface area is 206 Å². The van der Waals surface area contributed by atoms with Crippen molar-refractivity contribution < 1.29 is 23.9 Å². The third-order valence-electron chi connectivity index (χ3n) is 6.41. The van der Waals surface area contributed by atoms with Crippen molar-refractivity contribution in [2.45, 2.75) is 51.2 Å². The van der Waals surface area contributed by atoms with Gasteiger partial charge >= 0.3 is 6.09 Å². The summed E-state index contributed by atoms with van der Waals surface area (Å²) in [5.41, 5.74) is 7.40. The van der Waals surface area contributed by atoms with Crippen molar-refractivity contribution in [2.75, 3.05) is 20.2 Å². The fourth-order valence-corrected chi connectivity index (χ4v) is 4.28. The largest absolute Gasteiger partial charge is 0.497 e. The summed E-state index contributed by atoms with van der Waals surface area (Å²) in [6.07, 6.45) is 3.32. The molecule has 0 radical (unpaired) electrons. The Bertz CT molecular complexity index is 957. The highest BCUT2D eigenvalue weighted by molar-refractivity contribution is 5.86. The van der Waals surface area contributed by atoms with Crippen molar-refractivity contribution >= 4 is 17.9 Å². The minimum atomic E-state index is -0.846. The molecule has 2 aromatic rings. The molecule has 2 aromatic carbocycles. The second-order valence-corrected chi connectivity index (χ2v) is 8.92. The summed E-state index contributed by atoms with van der Waals surface area (Å²) in [6, 6.07) is 16.6. The smallest absolute Gasteiger partial charge is 0.408 e. The Morgan fingerprint density at radius 3 is 2.34 bits per heavy atom. The van der Waals surface area contributed by atoms with Gasteiger partial charge < -0.3 is 25.4 Å². The molecule has 1 atom stereocenters. The van der Waals surface area contributed by atoms with Crippen LogP contribution in [0.1, 0.15) is 43.2 Å². The molecule has 0 bridgehead atoms. The lowest BCUT2D eigenvalue weighted by Crippen LogP contribution is -2.51. The van der Waals surface area contributed by atoms with Crippen LogP contribution in [0.4, 0.5) is 4.79 Å². The zero-order valence-electron chi connectivity index (χ0n) is 20.3. The Morgan fingerprint density at radius 2 is 1.71 bits per heavy atom. The first-order chi connectivity index (χ1) is 16.9. The van der Waals surface area contributed by atoms with E-state index in [1.165, 1.54) is 5.56 Å². The predicted molar refractivity (Wildman–Crippen MR) is 133 cm³/mol. The molecule has 8 nitrogen and oxygen atoms in total. The average molecular weight is 482 g/mol. The molecule has 1 aliphatic rings. The third-order valence-corrected chi connectivity index (χ3v) is 6.41. The van der Waals surface area contributed by atoms with E-state index in [0.29, 0.717) is 19.0 Å². The molecule has 1 heterocycles. The number of aryl methyl sites for hydroxylation is 1. The van der Waals surface area contributed by atoms with Crippen molar-refractivity contribution in [2.24, 2.45) is 11.7 Å². The molecular formula is C27H35N3O5. The number of nitrogens with zero attached hydrogens (tertiary/aromatic N) is 1. The first-order valence-corrected chi connectivity index (χ1v) is 12.1. The van der Waals surface area contributed by atoms with E-state index in [0.717, 1.165) is 37.0 Å². The van der Waals surface area contributed by atoms with Gasteiger partial charge in [-0.1, -0.05) is 42.5 Å². The minimum absolute atomic E-state index is 0.00764. The first-order valence-electron chi connectivity index (χ1n) is 12.1. The van der Waals surface area contributed by atoms with Crippen LogP contribution in [0.25, 0.3) is 0 Å². The molecule has 188 valence electrons. The minimum Gasteiger partial charge on any atom is -0.497 e. The summed E-state index contributed by atoms with van der Waals surface area (Å²) < 4.78 is 10.5. The predicted octanol–water partition coefficient (Wildman–Crippen LogP) is 3.43. The van der Waals surface area contributed by atoms with E-state index in [2.05, 4.69) is 17.4 Å². The standard InChI is InChI=1S/C27H35N3O5/c1-34-23-11-9-20(10-12-23)7-8-21-15-17-30(18-16-21)26(32)24(13-14-25(28)31)29-27(33)35-19-22-5-3-2-4-6-22/h2-6,9-12,21,24H,7-8,13-19H2,1H3,(H2,28,31)(H,29,33)/t24-/m0/s1. The number of piperidine rings is 1. The Hall–Kier alpha value is -3.55. The van der Waals surface area contributed by atoms with E-state index in [1.54, 1.807) is 12.0 Å². The summed E-state index contributed by atoms with van der Waals surface area (Å²) in [4.78, 5) is 38.6. The molecule has 3 N–H and O–H groups in total. The molecule has 0 spiro atoms. The molecule has 1 fully saturated rings. The molecule has 1 saturated heterocycles. The number of rotatable bonds is 11. The van der Waals surface area contributed by atoms with E-state index in [4.69, 9.17) is 15.2 Å². The molecule has 35 heavy (non-hydrogen) atoms. The molecule has 0 aliphatic carbocycles. The second kappa shape index (κ2) is 13.4. The molecule has 0 aromatic heterocycles. The van der Waals surface area contributed by atoms with Crippen LogP contribution >= 0.6 is 0 Å². The van der Waals surface area contributed by atoms with Crippen molar-refractivity contribution in [1.82, 2.24) is 10.2 Å². The van der Waals surface area contributed by atoms with Gasteiger partial charge in [-0.05, 0) is 61.3 Å². The zero-order valence-corrected chi connectivity index (χ0v) is 20.3. The number of likely N-dealkylation sites (tertiary alicyclic amines) is 1. The summed E-state index contributed by atoms with van der Waals surface area (Å²) in [6.45, 7) is 1.35. The van der Waals surface area contributed by atoms with Crippen molar-refractivity contribution in [3.05, 3.63) is 65.7 Å². The lowest BCUT2D eigenvalue weighted by Gasteiger charge is -2.34. The number of nitrogens with one attached hydrogen (secondary N) is 1. The molecule has 3 amide bonds. The molecule has 8 heteroatoms. The van der Waals surface area contributed by atoms with Gasteiger partial charge in [0.15, 0.2) is 0 Å². The lowest BCUT2D eigenvalue weighted by atomic mass is 9.90. The number of primary amides is 1. The highest BCUT2D eigenvalue weighted by atomic mass is 16.5. The summed E-state index contributed by atoms with van der Waals surface area (Å²) in [5.74, 6) is 0.675. The van der Waals surface area contributed by atoms with Gasteiger partial charge in [-0.2, -0.15) is 0 Å². The number of carbonyl (C=O) groups excluding carboxylic acids is 3. The van der Waals surface area contributed by atoms with E-state index < -0.39 is 18.0 Å². The van der Waals surface area contributed by atoms with Gasteiger partial charge in [0.1, 0.15) is 18.4 Å². The van der Waals surface area contributed by atoms with Gasteiger partial charge in [0, 0.05) is 19.5 Å². The maximum Gasteiger partial charge on any atom is 0.408 e.